The number of amides is 1. The number of pyridine rings is 1. The SMILES string of the molecule is NNc1cnc([N+](=O)[O-])cc1C(=O)N1CCCSCC1. The minimum Gasteiger partial charge on any atom is -0.358 e. The van der Waals surface area contributed by atoms with Gasteiger partial charge in [-0.1, -0.05) is 0 Å². The first-order valence-corrected chi connectivity index (χ1v) is 7.27. The van der Waals surface area contributed by atoms with E-state index in [0.717, 1.165) is 24.0 Å². The maximum absolute atomic E-state index is 12.5. The van der Waals surface area contributed by atoms with Crippen molar-refractivity contribution in [1.82, 2.24) is 9.88 Å². The van der Waals surface area contributed by atoms with Gasteiger partial charge in [-0.3, -0.25) is 10.6 Å². The third-order valence-electron chi connectivity index (χ3n) is 2.97. The number of nitrogens with one attached hydrogen (secondary N) is 1. The van der Waals surface area contributed by atoms with Crippen LogP contribution >= 0.6 is 11.8 Å². The molecular weight excluding hydrogens is 282 g/mol. The van der Waals surface area contributed by atoms with E-state index in [2.05, 4.69) is 10.4 Å². The molecule has 1 aliphatic rings. The number of nitrogen functional groups attached to an aromatic ring is 1. The van der Waals surface area contributed by atoms with Crippen molar-refractivity contribution in [1.29, 1.82) is 0 Å². The zero-order valence-electron chi connectivity index (χ0n) is 10.7. The molecule has 20 heavy (non-hydrogen) atoms. The van der Waals surface area contributed by atoms with Crippen LogP contribution in [0.1, 0.15) is 16.8 Å². The first kappa shape index (κ1) is 14.5. The van der Waals surface area contributed by atoms with Gasteiger partial charge < -0.3 is 20.4 Å². The van der Waals surface area contributed by atoms with Crippen LogP contribution in [0, 0.1) is 10.1 Å². The van der Waals surface area contributed by atoms with E-state index in [1.165, 1.54) is 6.20 Å². The minimum atomic E-state index is -0.630. The molecule has 1 fully saturated rings. The van der Waals surface area contributed by atoms with Crippen molar-refractivity contribution in [2.45, 2.75) is 6.42 Å². The largest absolute Gasteiger partial charge is 0.364 e. The van der Waals surface area contributed by atoms with E-state index >= 15 is 0 Å². The van der Waals surface area contributed by atoms with Crippen LogP contribution in [0.15, 0.2) is 12.3 Å². The summed E-state index contributed by atoms with van der Waals surface area (Å²) in [5.41, 5.74) is 2.83. The Kier molecular flexibility index (Phi) is 4.74. The molecule has 0 spiro atoms. The first-order valence-electron chi connectivity index (χ1n) is 6.11. The second-order valence-corrected chi connectivity index (χ2v) is 5.47. The quantitative estimate of drug-likeness (QED) is 0.483. The van der Waals surface area contributed by atoms with E-state index in [1.54, 1.807) is 16.7 Å². The number of aromatic nitrogens is 1. The second kappa shape index (κ2) is 6.53. The highest BCUT2D eigenvalue weighted by molar-refractivity contribution is 7.99. The van der Waals surface area contributed by atoms with E-state index < -0.39 is 4.92 Å². The van der Waals surface area contributed by atoms with Crippen LogP contribution < -0.4 is 11.3 Å². The third kappa shape index (κ3) is 3.17. The highest BCUT2D eigenvalue weighted by Gasteiger charge is 2.23. The van der Waals surface area contributed by atoms with Gasteiger partial charge in [0.2, 0.25) is 0 Å². The number of rotatable bonds is 3. The van der Waals surface area contributed by atoms with Crippen molar-refractivity contribution in [2.24, 2.45) is 5.84 Å². The molecule has 1 saturated heterocycles. The molecular formula is C11H15N5O3S. The lowest BCUT2D eigenvalue weighted by molar-refractivity contribution is -0.389. The highest BCUT2D eigenvalue weighted by atomic mass is 32.2. The van der Waals surface area contributed by atoms with Crippen LogP contribution in [0.3, 0.4) is 0 Å². The first-order chi connectivity index (χ1) is 9.63. The molecule has 1 aliphatic heterocycles. The topological polar surface area (TPSA) is 114 Å². The summed E-state index contributed by atoms with van der Waals surface area (Å²) in [6.45, 7) is 1.27. The van der Waals surface area contributed by atoms with Crippen LogP contribution in [0.25, 0.3) is 0 Å². The molecule has 0 aromatic carbocycles. The van der Waals surface area contributed by atoms with Crippen molar-refractivity contribution in [3.63, 3.8) is 0 Å². The molecule has 0 unspecified atom stereocenters. The standard InChI is InChI=1S/C11H15N5O3S/c12-14-9-7-13-10(16(18)19)6-8(9)11(17)15-2-1-4-20-5-3-15/h6-7,14H,1-5,12H2. The van der Waals surface area contributed by atoms with Gasteiger partial charge in [0, 0.05) is 18.8 Å². The molecule has 2 rings (SSSR count). The smallest absolute Gasteiger partial charge is 0.358 e. The van der Waals surface area contributed by atoms with Crippen molar-refractivity contribution < 1.29 is 9.72 Å². The molecule has 0 aliphatic carbocycles. The fourth-order valence-electron chi connectivity index (χ4n) is 1.96. The zero-order valence-corrected chi connectivity index (χ0v) is 11.6. The Morgan fingerprint density at radius 3 is 3.00 bits per heavy atom. The number of hydrazine groups is 1. The van der Waals surface area contributed by atoms with Crippen LogP contribution in [-0.2, 0) is 0 Å². The summed E-state index contributed by atoms with van der Waals surface area (Å²) < 4.78 is 0. The number of hydrogen-bond acceptors (Lipinski definition) is 7. The molecule has 108 valence electrons. The summed E-state index contributed by atoms with van der Waals surface area (Å²) in [7, 11) is 0. The minimum absolute atomic E-state index is 0.182. The Morgan fingerprint density at radius 2 is 2.30 bits per heavy atom. The van der Waals surface area contributed by atoms with Gasteiger partial charge in [0.15, 0.2) is 6.20 Å². The van der Waals surface area contributed by atoms with Gasteiger partial charge in [-0.2, -0.15) is 11.8 Å². The Morgan fingerprint density at radius 1 is 1.50 bits per heavy atom. The third-order valence-corrected chi connectivity index (χ3v) is 4.02. The van der Waals surface area contributed by atoms with Gasteiger partial charge in [0.25, 0.3) is 5.91 Å². The molecule has 3 N–H and O–H groups in total. The van der Waals surface area contributed by atoms with Gasteiger partial charge in [-0.15, -0.1) is 0 Å². The molecule has 0 saturated carbocycles. The normalized spacial score (nSPS) is 15.6. The average molecular weight is 297 g/mol. The van der Waals surface area contributed by atoms with Crippen LogP contribution in [-0.4, -0.2) is 45.3 Å². The molecule has 0 atom stereocenters. The lowest BCUT2D eigenvalue weighted by atomic mass is 10.2. The molecule has 1 aromatic heterocycles. The van der Waals surface area contributed by atoms with Crippen molar-refractivity contribution in [2.75, 3.05) is 30.0 Å². The fourth-order valence-corrected chi connectivity index (χ4v) is 2.84. The summed E-state index contributed by atoms with van der Waals surface area (Å²) in [6.07, 6.45) is 2.12. The van der Waals surface area contributed by atoms with E-state index in [4.69, 9.17) is 5.84 Å². The van der Waals surface area contributed by atoms with E-state index in [0.29, 0.717) is 13.1 Å². The maximum Gasteiger partial charge on any atom is 0.364 e. The van der Waals surface area contributed by atoms with Gasteiger partial charge in [-0.05, 0) is 22.1 Å². The lowest BCUT2D eigenvalue weighted by Crippen LogP contribution is -2.33. The molecule has 9 heteroatoms. The second-order valence-electron chi connectivity index (χ2n) is 4.25. The molecule has 1 aromatic rings. The van der Waals surface area contributed by atoms with Crippen LogP contribution in [0.5, 0.6) is 0 Å². The number of thioether (sulfide) groups is 1. The Labute approximate surface area is 119 Å². The van der Waals surface area contributed by atoms with Crippen molar-refractivity contribution >= 4 is 29.2 Å². The number of nitrogens with zero attached hydrogens (tertiary/aromatic N) is 3. The molecule has 0 radical (unpaired) electrons. The van der Waals surface area contributed by atoms with Gasteiger partial charge >= 0.3 is 5.82 Å². The van der Waals surface area contributed by atoms with Crippen molar-refractivity contribution in [3.8, 4) is 0 Å². The number of hydrogen-bond donors (Lipinski definition) is 2. The van der Waals surface area contributed by atoms with Gasteiger partial charge in [0.05, 0.1) is 11.6 Å². The predicted molar refractivity (Wildman–Crippen MR) is 76.5 cm³/mol. The Balaban J connectivity index is 2.31. The number of nitro groups is 1. The summed E-state index contributed by atoms with van der Waals surface area (Å²) in [4.78, 5) is 28.0. The summed E-state index contributed by atoms with van der Waals surface area (Å²) in [6, 6.07) is 1.16. The lowest BCUT2D eigenvalue weighted by Gasteiger charge is -2.20. The van der Waals surface area contributed by atoms with E-state index in [-0.39, 0.29) is 23.0 Å². The average Bonchev–Trinajstić information content (AvgIpc) is 2.74. The number of nitrogens with two attached hydrogens (primary N) is 1. The zero-order chi connectivity index (χ0) is 14.5. The fraction of sp³-hybridized carbons (Fsp3) is 0.455. The Bertz CT molecular complexity index is 517. The molecule has 1 amide bonds. The predicted octanol–water partition coefficient (Wildman–Crippen LogP) is 0.855. The monoisotopic (exact) mass is 297 g/mol. The van der Waals surface area contributed by atoms with Gasteiger partial charge in [0.1, 0.15) is 5.69 Å². The summed E-state index contributed by atoms with van der Waals surface area (Å²) in [5.74, 6) is 6.60. The molecule has 8 nitrogen and oxygen atoms in total. The highest BCUT2D eigenvalue weighted by Crippen LogP contribution is 2.21. The number of anilines is 1. The molecule has 2 heterocycles. The van der Waals surface area contributed by atoms with E-state index in [1.807, 2.05) is 0 Å². The number of carbonyl (C=O) groups is 1. The van der Waals surface area contributed by atoms with Crippen molar-refractivity contribution in [3.05, 3.63) is 27.9 Å². The number of carbonyl (C=O) groups excluding carboxylic acids is 1. The Hall–Kier alpha value is -1.87. The maximum atomic E-state index is 12.5. The van der Waals surface area contributed by atoms with Crippen LogP contribution in [0.2, 0.25) is 0 Å². The van der Waals surface area contributed by atoms with Crippen LogP contribution in [0.4, 0.5) is 11.5 Å². The summed E-state index contributed by atoms with van der Waals surface area (Å²) >= 11 is 1.80. The molecule has 0 bridgehead atoms. The van der Waals surface area contributed by atoms with Gasteiger partial charge in [-0.25, -0.2) is 0 Å². The van der Waals surface area contributed by atoms with E-state index in [9.17, 15) is 14.9 Å². The summed E-state index contributed by atoms with van der Waals surface area (Å²) in [5, 5.41) is 10.8.